The fraction of sp³-hybridized carbons (Fsp3) is 0.440. The highest BCUT2D eigenvalue weighted by atomic mass is 32.1. The predicted octanol–water partition coefficient (Wildman–Crippen LogP) is 9.19. The number of likely N-dealkylation sites (tertiary alicyclic amines) is 2. The van der Waals surface area contributed by atoms with E-state index in [4.69, 9.17) is 24.2 Å². The number of fused-ring (bicyclic) bond motifs is 5. The van der Waals surface area contributed by atoms with Crippen molar-refractivity contribution in [3.63, 3.8) is 0 Å². The van der Waals surface area contributed by atoms with E-state index in [1.807, 2.05) is 52.0 Å². The van der Waals surface area contributed by atoms with Gasteiger partial charge in [-0.15, -0.1) is 11.3 Å². The van der Waals surface area contributed by atoms with E-state index in [0.29, 0.717) is 65.3 Å². The Morgan fingerprint density at radius 3 is 1.93 bits per heavy atom. The highest BCUT2D eigenvalue weighted by Crippen LogP contribution is 2.50. The van der Waals surface area contributed by atoms with Gasteiger partial charge in [-0.2, -0.15) is 0 Å². The monoisotopic (exact) mass is 945 g/mol. The van der Waals surface area contributed by atoms with Gasteiger partial charge in [-0.05, 0) is 98.1 Å². The second kappa shape index (κ2) is 18.1. The van der Waals surface area contributed by atoms with Gasteiger partial charge in [-0.3, -0.25) is 9.59 Å². The Morgan fingerprint density at radius 2 is 1.37 bits per heavy atom. The zero-order valence-corrected chi connectivity index (χ0v) is 39.7. The van der Waals surface area contributed by atoms with Gasteiger partial charge >= 0.3 is 12.2 Å². The molecule has 6 aromatic rings. The first-order valence-electron chi connectivity index (χ1n) is 23.5. The van der Waals surface area contributed by atoms with E-state index in [0.717, 1.165) is 47.0 Å². The van der Waals surface area contributed by atoms with Crippen LogP contribution in [0.3, 0.4) is 0 Å². The number of H-pyrrole nitrogens is 2. The minimum atomic E-state index is -0.768. The summed E-state index contributed by atoms with van der Waals surface area (Å²) in [6.07, 6.45) is 6.86. The van der Waals surface area contributed by atoms with Crippen molar-refractivity contribution >= 4 is 46.2 Å². The van der Waals surface area contributed by atoms with Crippen molar-refractivity contribution in [2.75, 3.05) is 27.3 Å². The van der Waals surface area contributed by atoms with Gasteiger partial charge in [0.2, 0.25) is 18.0 Å². The number of hydrogen-bond donors (Lipinski definition) is 4. The Balaban J connectivity index is 0.963. The molecule has 4 aliphatic rings. The number of benzene rings is 2. The molecule has 18 heteroatoms. The number of carbonyl (C=O) groups is 4. The van der Waals surface area contributed by atoms with Gasteiger partial charge in [-0.1, -0.05) is 33.8 Å². The maximum atomic E-state index is 16.9. The molecule has 356 valence electrons. The molecule has 7 heterocycles. The highest BCUT2D eigenvalue weighted by molar-refractivity contribution is 7.10. The molecule has 2 saturated heterocycles. The summed E-state index contributed by atoms with van der Waals surface area (Å²) in [5.41, 5.74) is 5.68. The number of rotatable bonds is 12. The SMILES string of the molecule is COC(=O)NC(C(=O)N1CCC[C@H]1c1ncc(-c2cc(F)c3c(c2)OC(c2csc(C4CC4)c2)n2c-3cc3cc(-c4cnc([C@@H]5CCCN5C(=O)C(NC(=O)OC)C(C)C)[nH]4)ccc32)[nH]1)C(C)C. The quantitative estimate of drug-likeness (QED) is 0.0927. The summed E-state index contributed by atoms with van der Waals surface area (Å²) in [7, 11) is 2.55. The molecule has 3 fully saturated rings. The van der Waals surface area contributed by atoms with Crippen molar-refractivity contribution in [2.45, 2.75) is 103 Å². The molecule has 4 N–H and O–H groups in total. The van der Waals surface area contributed by atoms with Crippen molar-refractivity contribution in [3.05, 3.63) is 88.1 Å². The van der Waals surface area contributed by atoms with Crippen LogP contribution in [0.1, 0.15) is 113 Å². The molecule has 68 heavy (non-hydrogen) atoms. The predicted molar refractivity (Wildman–Crippen MR) is 253 cm³/mol. The number of alkyl carbamates (subject to hydrolysis) is 2. The standard InChI is InChI=1S/C50H56FN9O7S/c1-25(2)42(56-49(63)65-5)46(61)58-15-7-9-36(58)44-52-22-33(54-44)28-13-14-35-30(17-28)19-38-41-32(51)18-29(20-39(41)67-48(60(35)38)31-21-40(68-24-31)27-11-12-27)34-23-53-45(55-34)37-10-8-16-59(37)47(62)43(26(3)4)57-50(64)66-6/h13-14,17-27,36-37,42-43,48H,7-12,15-16H2,1-6H3,(H,52,54)(H,53,55)(H,56,63)(H,57,64)/t36-,37-,42?,43?,48?/m0/s1. The molecular weight excluding hydrogens is 890 g/mol. The summed E-state index contributed by atoms with van der Waals surface area (Å²) in [6, 6.07) is 11.6. The molecule has 1 saturated carbocycles. The molecule has 4 amide bonds. The molecule has 16 nitrogen and oxygen atoms in total. The lowest BCUT2D eigenvalue weighted by molar-refractivity contribution is -0.136. The van der Waals surface area contributed by atoms with Gasteiger partial charge in [0.1, 0.15) is 35.3 Å². The first kappa shape index (κ1) is 45.1. The minimum Gasteiger partial charge on any atom is -0.465 e. The lowest BCUT2D eigenvalue weighted by Crippen LogP contribution is -2.51. The average Bonchev–Trinajstić information content (AvgIpc) is 4.05. The van der Waals surface area contributed by atoms with E-state index < -0.39 is 36.3 Å². The summed E-state index contributed by atoms with van der Waals surface area (Å²) in [5.74, 6) is 1.03. The number of ether oxygens (including phenoxy) is 3. The van der Waals surface area contributed by atoms with Crippen molar-refractivity contribution in [3.8, 4) is 39.5 Å². The zero-order valence-electron chi connectivity index (χ0n) is 38.9. The van der Waals surface area contributed by atoms with Crippen LogP contribution in [0.2, 0.25) is 0 Å². The van der Waals surface area contributed by atoms with Crippen LogP contribution in [-0.2, 0) is 19.1 Å². The van der Waals surface area contributed by atoms with Crippen LogP contribution in [-0.4, -0.2) is 97.7 Å². The molecule has 1 aliphatic carbocycles. The summed E-state index contributed by atoms with van der Waals surface area (Å²) < 4.78 is 35.5. The van der Waals surface area contributed by atoms with Crippen LogP contribution < -0.4 is 15.4 Å². The molecule has 3 aliphatic heterocycles. The Bertz CT molecular complexity index is 2910. The van der Waals surface area contributed by atoms with Crippen molar-refractivity contribution in [1.82, 2.24) is 44.9 Å². The largest absolute Gasteiger partial charge is 0.465 e. The normalized spacial score (nSPS) is 19.8. The molecule has 0 bridgehead atoms. The molecule has 5 atom stereocenters. The fourth-order valence-electron chi connectivity index (χ4n) is 10.1. The van der Waals surface area contributed by atoms with Crippen molar-refractivity contribution in [2.24, 2.45) is 11.8 Å². The van der Waals surface area contributed by atoms with E-state index in [9.17, 15) is 19.2 Å². The third kappa shape index (κ3) is 8.25. The minimum absolute atomic E-state index is 0.149. The van der Waals surface area contributed by atoms with Gasteiger partial charge in [0.25, 0.3) is 0 Å². The van der Waals surface area contributed by atoms with E-state index >= 15 is 4.39 Å². The molecule has 0 radical (unpaired) electrons. The van der Waals surface area contributed by atoms with Crippen molar-refractivity contribution in [1.29, 1.82) is 0 Å². The van der Waals surface area contributed by atoms with E-state index in [2.05, 4.69) is 42.7 Å². The van der Waals surface area contributed by atoms with Crippen LogP contribution in [0, 0.1) is 17.7 Å². The van der Waals surface area contributed by atoms with E-state index in [1.165, 1.54) is 38.0 Å². The van der Waals surface area contributed by atoms with E-state index in [-0.39, 0.29) is 35.7 Å². The first-order valence-corrected chi connectivity index (χ1v) is 24.3. The number of thiophene rings is 1. The molecule has 3 unspecified atom stereocenters. The van der Waals surface area contributed by atoms with Crippen molar-refractivity contribution < 1.29 is 37.8 Å². The molecule has 4 aromatic heterocycles. The van der Waals surface area contributed by atoms with Crippen LogP contribution in [0.15, 0.2) is 60.2 Å². The Morgan fingerprint density at radius 1 is 0.779 bits per heavy atom. The maximum absolute atomic E-state index is 16.9. The first-order chi connectivity index (χ1) is 32.8. The summed E-state index contributed by atoms with van der Waals surface area (Å²) in [4.78, 5) is 73.1. The lowest BCUT2D eigenvalue weighted by Gasteiger charge is -2.30. The maximum Gasteiger partial charge on any atom is 0.407 e. The average molecular weight is 946 g/mol. The number of methoxy groups -OCH3 is 2. The third-order valence-corrected chi connectivity index (χ3v) is 14.9. The van der Waals surface area contributed by atoms with Crippen LogP contribution >= 0.6 is 11.3 Å². The second-order valence-electron chi connectivity index (χ2n) is 19.0. The fourth-order valence-corrected chi connectivity index (χ4v) is 11.2. The smallest absolute Gasteiger partial charge is 0.407 e. The lowest BCUT2D eigenvalue weighted by atomic mass is 10.0. The molecular formula is C50H56FN9O7S. The summed E-state index contributed by atoms with van der Waals surface area (Å²) in [5, 5.41) is 8.43. The topological polar surface area (TPSA) is 189 Å². The summed E-state index contributed by atoms with van der Waals surface area (Å²) >= 11 is 1.73. The number of nitrogens with zero attached hydrogens (tertiary/aromatic N) is 5. The number of carbonyl (C=O) groups excluding carboxylic acids is 4. The number of aromatic nitrogens is 5. The summed E-state index contributed by atoms with van der Waals surface area (Å²) in [6.45, 7) is 8.58. The second-order valence-corrected chi connectivity index (χ2v) is 19.9. The zero-order chi connectivity index (χ0) is 47.5. The Hall–Kier alpha value is -6.69. The Kier molecular flexibility index (Phi) is 12.0. The molecule has 10 rings (SSSR count). The van der Waals surface area contributed by atoms with Gasteiger partial charge in [0.05, 0.1) is 66.9 Å². The van der Waals surface area contributed by atoms with E-state index in [1.54, 1.807) is 33.5 Å². The van der Waals surface area contributed by atoms with Crippen LogP contribution in [0.25, 0.3) is 44.7 Å². The number of halogens is 1. The Labute approximate surface area is 396 Å². The van der Waals surface area contributed by atoms with Gasteiger partial charge in [0, 0.05) is 40.0 Å². The number of amides is 4. The third-order valence-electron chi connectivity index (χ3n) is 13.8. The number of hydrogen-bond acceptors (Lipinski definition) is 10. The van der Waals surface area contributed by atoms with Crippen LogP contribution in [0.4, 0.5) is 14.0 Å². The highest BCUT2D eigenvalue weighted by Gasteiger charge is 2.40. The van der Waals surface area contributed by atoms with Crippen LogP contribution in [0.5, 0.6) is 5.75 Å². The van der Waals surface area contributed by atoms with Gasteiger partial charge in [-0.25, -0.2) is 23.9 Å². The number of nitrogens with one attached hydrogen (secondary N) is 4. The number of imidazole rings is 2. The van der Waals surface area contributed by atoms with Gasteiger partial charge in [0.15, 0.2) is 0 Å². The molecule has 0 spiro atoms. The molecule has 2 aromatic carbocycles. The van der Waals surface area contributed by atoms with Gasteiger partial charge < -0.3 is 49.2 Å². The number of aromatic amines is 2.